The van der Waals surface area contributed by atoms with Gasteiger partial charge in [-0.1, -0.05) is 0 Å². The Hall–Kier alpha value is -1.49. The van der Waals surface area contributed by atoms with Gasteiger partial charge in [0, 0.05) is 12.4 Å². The van der Waals surface area contributed by atoms with Crippen LogP contribution in [0.4, 0.5) is 0 Å². The van der Waals surface area contributed by atoms with E-state index in [9.17, 15) is 4.79 Å². The molecule has 0 saturated heterocycles. The Kier molecular flexibility index (Phi) is 2.99. The van der Waals surface area contributed by atoms with E-state index in [0.717, 1.165) is 0 Å². The van der Waals surface area contributed by atoms with E-state index in [1.54, 1.807) is 0 Å². The van der Waals surface area contributed by atoms with Crippen molar-refractivity contribution < 1.29 is 10.3 Å². The first kappa shape index (κ1) is 8.51. The minimum Gasteiger partial charge on any atom is -0.412 e. The maximum Gasteiger partial charge on any atom is 0.251 e. The number of primary amides is 1. The summed E-state index contributed by atoms with van der Waals surface area (Å²) in [6.45, 7) is 0. The fraction of sp³-hybridized carbons (Fsp3) is 0. The van der Waals surface area contributed by atoms with Gasteiger partial charge < -0.3 is 11.2 Å². The van der Waals surface area contributed by atoms with Crippen LogP contribution in [0, 0.1) is 0 Å². The molecule has 0 unspecified atom stereocenters. The molecule has 1 amide bonds. The monoisotopic (exact) mass is 141 g/mol. The smallest absolute Gasteiger partial charge is 0.251 e. The van der Waals surface area contributed by atoms with Crippen molar-refractivity contribution in [1.82, 2.24) is 9.97 Å². The third-order valence-corrected chi connectivity index (χ3v) is 0.845. The van der Waals surface area contributed by atoms with Crippen molar-refractivity contribution >= 4 is 5.91 Å². The fourth-order valence-corrected chi connectivity index (χ4v) is 0.426. The molecule has 10 heavy (non-hydrogen) atoms. The zero-order valence-corrected chi connectivity index (χ0v) is 5.11. The number of rotatable bonds is 1. The molecule has 1 heterocycles. The topological polar surface area (TPSA) is 100 Å². The van der Waals surface area contributed by atoms with Crippen molar-refractivity contribution in [3.8, 4) is 0 Å². The first-order valence-electron chi connectivity index (χ1n) is 2.35. The summed E-state index contributed by atoms with van der Waals surface area (Å²) >= 11 is 0. The van der Waals surface area contributed by atoms with Gasteiger partial charge >= 0.3 is 0 Å². The summed E-state index contributed by atoms with van der Waals surface area (Å²) < 4.78 is 0. The summed E-state index contributed by atoms with van der Waals surface area (Å²) in [5.74, 6) is -0.504. The summed E-state index contributed by atoms with van der Waals surface area (Å²) in [6, 6.07) is 0. The van der Waals surface area contributed by atoms with E-state index in [-0.39, 0.29) is 5.48 Å². The molecule has 0 fully saturated rings. The molecule has 0 saturated carbocycles. The van der Waals surface area contributed by atoms with Crippen LogP contribution in [-0.2, 0) is 0 Å². The van der Waals surface area contributed by atoms with Crippen LogP contribution in [0.15, 0.2) is 18.7 Å². The van der Waals surface area contributed by atoms with E-state index in [1.165, 1.54) is 18.7 Å². The van der Waals surface area contributed by atoms with E-state index in [4.69, 9.17) is 5.73 Å². The number of carbonyl (C=O) groups excluding carboxylic acids is 1. The second-order valence-electron chi connectivity index (χ2n) is 1.49. The lowest BCUT2D eigenvalue weighted by atomic mass is 10.3. The van der Waals surface area contributed by atoms with Gasteiger partial charge in [0.05, 0.1) is 5.56 Å². The van der Waals surface area contributed by atoms with Crippen LogP contribution in [-0.4, -0.2) is 21.4 Å². The maximum atomic E-state index is 10.3. The molecule has 4 N–H and O–H groups in total. The Morgan fingerprint density at radius 3 is 2.20 bits per heavy atom. The van der Waals surface area contributed by atoms with E-state index in [0.29, 0.717) is 5.56 Å². The molecular formula is C5H7N3O2. The van der Waals surface area contributed by atoms with Gasteiger partial charge in [0.25, 0.3) is 5.91 Å². The highest BCUT2D eigenvalue weighted by atomic mass is 16.1. The minimum absolute atomic E-state index is 0. The summed E-state index contributed by atoms with van der Waals surface area (Å²) in [7, 11) is 0. The highest BCUT2D eigenvalue weighted by molar-refractivity contribution is 5.91. The zero-order valence-electron chi connectivity index (χ0n) is 5.11. The van der Waals surface area contributed by atoms with Gasteiger partial charge in [-0.25, -0.2) is 9.97 Å². The lowest BCUT2D eigenvalue weighted by molar-refractivity contribution is 0.0999. The Morgan fingerprint density at radius 2 is 1.90 bits per heavy atom. The third kappa shape index (κ3) is 1.79. The van der Waals surface area contributed by atoms with E-state index in [1.807, 2.05) is 0 Å². The fourth-order valence-electron chi connectivity index (χ4n) is 0.426. The molecule has 0 spiro atoms. The van der Waals surface area contributed by atoms with Gasteiger partial charge in [-0.2, -0.15) is 0 Å². The number of hydrogen-bond donors (Lipinski definition) is 1. The first-order chi connectivity index (χ1) is 4.30. The highest BCUT2D eigenvalue weighted by Gasteiger charge is 1.96. The van der Waals surface area contributed by atoms with Gasteiger partial charge in [-0.05, 0) is 0 Å². The van der Waals surface area contributed by atoms with Crippen molar-refractivity contribution in [1.29, 1.82) is 0 Å². The molecule has 0 aliphatic heterocycles. The van der Waals surface area contributed by atoms with Crippen LogP contribution in [0.3, 0.4) is 0 Å². The summed E-state index contributed by atoms with van der Waals surface area (Å²) in [4.78, 5) is 17.5. The molecule has 1 aromatic heterocycles. The molecule has 0 aliphatic rings. The van der Waals surface area contributed by atoms with Crippen molar-refractivity contribution in [2.24, 2.45) is 5.73 Å². The van der Waals surface area contributed by atoms with Crippen molar-refractivity contribution in [2.45, 2.75) is 0 Å². The number of aromatic nitrogens is 2. The first-order valence-corrected chi connectivity index (χ1v) is 2.35. The standard InChI is InChI=1S/C5H5N3O.H2O/c6-5(9)4-1-7-3-8-2-4;/h1-3H,(H2,6,9);1H2. The summed E-state index contributed by atoms with van der Waals surface area (Å²) in [5.41, 5.74) is 5.23. The molecular weight excluding hydrogens is 134 g/mol. The van der Waals surface area contributed by atoms with Crippen LogP contribution in [0.1, 0.15) is 10.4 Å². The summed E-state index contributed by atoms with van der Waals surface area (Å²) in [6.07, 6.45) is 4.08. The molecule has 0 aliphatic carbocycles. The van der Waals surface area contributed by atoms with E-state index < -0.39 is 5.91 Å². The molecule has 54 valence electrons. The van der Waals surface area contributed by atoms with Crippen LogP contribution in [0.2, 0.25) is 0 Å². The SMILES string of the molecule is NC(=O)c1cncnc1.O. The Bertz CT molecular complexity index is 211. The maximum absolute atomic E-state index is 10.3. The third-order valence-electron chi connectivity index (χ3n) is 0.845. The minimum atomic E-state index is -0.504. The van der Waals surface area contributed by atoms with E-state index in [2.05, 4.69) is 9.97 Å². The predicted molar refractivity (Wildman–Crippen MR) is 34.2 cm³/mol. The number of carbonyl (C=O) groups is 1. The zero-order chi connectivity index (χ0) is 6.69. The number of nitrogens with two attached hydrogens (primary N) is 1. The molecule has 0 aromatic carbocycles. The molecule has 0 bridgehead atoms. The number of amides is 1. The Labute approximate surface area is 57.2 Å². The van der Waals surface area contributed by atoms with Gasteiger partial charge in [-0.3, -0.25) is 4.79 Å². The number of hydrogen-bond acceptors (Lipinski definition) is 3. The van der Waals surface area contributed by atoms with E-state index >= 15 is 0 Å². The predicted octanol–water partition coefficient (Wildman–Crippen LogP) is -1.25. The second kappa shape index (κ2) is 3.52. The average Bonchev–Trinajstić information content (AvgIpc) is 1.90. The summed E-state index contributed by atoms with van der Waals surface area (Å²) in [5, 5.41) is 0. The number of nitrogens with zero attached hydrogens (tertiary/aromatic N) is 2. The Balaban J connectivity index is 0.000000810. The normalized spacial score (nSPS) is 8.00. The van der Waals surface area contributed by atoms with Gasteiger partial charge in [0.2, 0.25) is 0 Å². The molecule has 0 atom stereocenters. The highest BCUT2D eigenvalue weighted by Crippen LogP contribution is 1.87. The van der Waals surface area contributed by atoms with Crippen LogP contribution >= 0.6 is 0 Å². The molecule has 5 heteroatoms. The lowest BCUT2D eigenvalue weighted by Gasteiger charge is -1.88. The van der Waals surface area contributed by atoms with Crippen molar-refractivity contribution in [3.63, 3.8) is 0 Å². The van der Waals surface area contributed by atoms with Gasteiger partial charge in [-0.15, -0.1) is 0 Å². The van der Waals surface area contributed by atoms with Crippen LogP contribution in [0.25, 0.3) is 0 Å². The van der Waals surface area contributed by atoms with Crippen LogP contribution in [0.5, 0.6) is 0 Å². The quantitative estimate of drug-likeness (QED) is 0.528. The Morgan fingerprint density at radius 1 is 1.40 bits per heavy atom. The molecule has 1 aromatic rings. The van der Waals surface area contributed by atoms with Crippen molar-refractivity contribution in [3.05, 3.63) is 24.3 Å². The second-order valence-corrected chi connectivity index (χ2v) is 1.49. The average molecular weight is 141 g/mol. The molecule has 0 radical (unpaired) electrons. The van der Waals surface area contributed by atoms with Gasteiger partial charge in [0.15, 0.2) is 0 Å². The van der Waals surface area contributed by atoms with Gasteiger partial charge in [0.1, 0.15) is 6.33 Å². The molecule has 5 nitrogen and oxygen atoms in total. The lowest BCUT2D eigenvalue weighted by Crippen LogP contribution is -2.11. The van der Waals surface area contributed by atoms with Crippen LogP contribution < -0.4 is 5.73 Å². The largest absolute Gasteiger partial charge is 0.412 e. The molecule has 1 rings (SSSR count). The van der Waals surface area contributed by atoms with Crippen molar-refractivity contribution in [2.75, 3.05) is 0 Å².